The van der Waals surface area contributed by atoms with Crippen LogP contribution in [0.2, 0.25) is 0 Å². The third-order valence-electron chi connectivity index (χ3n) is 3.02. The van der Waals surface area contributed by atoms with E-state index in [-0.39, 0.29) is 13.0 Å². The van der Waals surface area contributed by atoms with Crippen molar-refractivity contribution >= 4 is 17.7 Å². The summed E-state index contributed by atoms with van der Waals surface area (Å²) < 4.78 is 5.00. The van der Waals surface area contributed by atoms with Crippen LogP contribution in [0.25, 0.3) is 0 Å². The van der Waals surface area contributed by atoms with Crippen LogP contribution in [-0.4, -0.2) is 29.3 Å². The Bertz CT molecular complexity index is 500. The number of aliphatic carboxylic acids is 1. The molecule has 1 atom stereocenters. The molecule has 1 N–H and O–H groups in total. The monoisotopic (exact) mass is 249 g/mol. The average molecular weight is 249 g/mol. The van der Waals surface area contributed by atoms with Crippen molar-refractivity contribution in [2.75, 3.05) is 11.5 Å². The lowest BCUT2D eigenvalue weighted by Gasteiger charge is -2.30. The molecule has 0 spiro atoms. The van der Waals surface area contributed by atoms with E-state index < -0.39 is 17.6 Å². The molecule has 0 saturated carbocycles. The Morgan fingerprint density at radius 1 is 1.56 bits per heavy atom. The molecule has 1 unspecified atom stereocenters. The second-order valence-electron chi connectivity index (χ2n) is 4.80. The molecule has 0 bridgehead atoms. The summed E-state index contributed by atoms with van der Waals surface area (Å²) in [5.74, 6) is -0.951. The standard InChI is InChI=1S/C13H15NO4/c1-9-4-3-5-10(6-9)14-12(17)18-8-13(14,2)7-11(15)16/h3-6H,7-8H2,1-2H3,(H,15,16). The number of rotatable bonds is 3. The number of nitrogens with zero attached hydrogens (tertiary/aromatic N) is 1. The highest BCUT2D eigenvalue weighted by Gasteiger charge is 2.46. The summed E-state index contributed by atoms with van der Waals surface area (Å²) in [5.41, 5.74) is 0.836. The van der Waals surface area contributed by atoms with Crippen molar-refractivity contribution in [3.8, 4) is 0 Å². The Kier molecular flexibility index (Phi) is 2.98. The normalized spacial score (nSPS) is 23.0. The van der Waals surface area contributed by atoms with E-state index in [2.05, 4.69) is 0 Å². The van der Waals surface area contributed by atoms with Gasteiger partial charge in [0, 0.05) is 5.69 Å². The number of aryl methyl sites for hydroxylation is 1. The molecular formula is C13H15NO4. The van der Waals surface area contributed by atoms with Gasteiger partial charge in [-0.3, -0.25) is 9.69 Å². The molecule has 0 radical (unpaired) electrons. The van der Waals surface area contributed by atoms with E-state index in [4.69, 9.17) is 9.84 Å². The van der Waals surface area contributed by atoms with Crippen molar-refractivity contribution in [1.29, 1.82) is 0 Å². The van der Waals surface area contributed by atoms with Crippen LogP contribution in [-0.2, 0) is 9.53 Å². The summed E-state index contributed by atoms with van der Waals surface area (Å²) in [5, 5.41) is 8.95. The summed E-state index contributed by atoms with van der Waals surface area (Å²) in [7, 11) is 0. The van der Waals surface area contributed by atoms with E-state index in [1.165, 1.54) is 4.90 Å². The van der Waals surface area contributed by atoms with Crippen molar-refractivity contribution in [2.24, 2.45) is 0 Å². The number of benzene rings is 1. The second kappa shape index (κ2) is 4.33. The smallest absolute Gasteiger partial charge is 0.415 e. The highest BCUT2D eigenvalue weighted by Crippen LogP contribution is 2.33. The Labute approximate surface area is 105 Å². The van der Waals surface area contributed by atoms with Crippen LogP contribution in [0.4, 0.5) is 10.5 Å². The Hall–Kier alpha value is -2.04. The number of hydrogen-bond donors (Lipinski definition) is 1. The van der Waals surface area contributed by atoms with Gasteiger partial charge in [-0.05, 0) is 31.5 Å². The van der Waals surface area contributed by atoms with Crippen LogP contribution in [0.5, 0.6) is 0 Å². The average Bonchev–Trinajstić information content (AvgIpc) is 2.53. The fourth-order valence-electron chi connectivity index (χ4n) is 2.21. The maximum atomic E-state index is 11.8. The SMILES string of the molecule is Cc1cccc(N2C(=O)OCC2(C)CC(=O)O)c1. The van der Waals surface area contributed by atoms with Gasteiger partial charge in [-0.2, -0.15) is 0 Å². The highest BCUT2D eigenvalue weighted by molar-refractivity contribution is 5.92. The van der Waals surface area contributed by atoms with Crippen LogP contribution in [0.15, 0.2) is 24.3 Å². The first kappa shape index (κ1) is 12.4. The number of hydrogen-bond acceptors (Lipinski definition) is 3. The molecule has 1 aromatic carbocycles. The molecule has 1 aliphatic heterocycles. The number of carboxylic acid groups (broad SMARTS) is 1. The van der Waals surface area contributed by atoms with Crippen LogP contribution in [0.1, 0.15) is 18.9 Å². The van der Waals surface area contributed by atoms with Crippen LogP contribution >= 0.6 is 0 Å². The zero-order chi connectivity index (χ0) is 13.3. The number of amides is 1. The number of ether oxygens (including phenoxy) is 1. The first-order chi connectivity index (χ1) is 8.42. The first-order valence-corrected chi connectivity index (χ1v) is 5.68. The van der Waals surface area contributed by atoms with Crippen molar-refractivity contribution in [1.82, 2.24) is 0 Å². The minimum atomic E-state index is -0.951. The molecule has 1 heterocycles. The Morgan fingerprint density at radius 2 is 2.28 bits per heavy atom. The van der Waals surface area contributed by atoms with Gasteiger partial charge in [0.1, 0.15) is 6.61 Å². The van der Waals surface area contributed by atoms with Gasteiger partial charge in [-0.1, -0.05) is 12.1 Å². The molecule has 2 rings (SSSR count). The molecule has 1 fully saturated rings. The number of carbonyl (C=O) groups excluding carboxylic acids is 1. The largest absolute Gasteiger partial charge is 0.481 e. The van der Waals surface area contributed by atoms with Gasteiger partial charge >= 0.3 is 12.1 Å². The molecular weight excluding hydrogens is 234 g/mol. The van der Waals surface area contributed by atoms with Crippen molar-refractivity contribution in [3.63, 3.8) is 0 Å². The maximum absolute atomic E-state index is 11.8. The molecule has 96 valence electrons. The number of carbonyl (C=O) groups is 2. The Balaban J connectivity index is 2.39. The minimum absolute atomic E-state index is 0.0894. The quantitative estimate of drug-likeness (QED) is 0.891. The summed E-state index contributed by atoms with van der Waals surface area (Å²) >= 11 is 0. The molecule has 1 aliphatic rings. The number of carboxylic acids is 1. The zero-order valence-corrected chi connectivity index (χ0v) is 10.3. The summed E-state index contributed by atoms with van der Waals surface area (Å²) in [6.07, 6.45) is -0.642. The molecule has 5 nitrogen and oxygen atoms in total. The van der Waals surface area contributed by atoms with Crippen LogP contribution in [0.3, 0.4) is 0 Å². The topological polar surface area (TPSA) is 66.8 Å². The minimum Gasteiger partial charge on any atom is -0.481 e. The lowest BCUT2D eigenvalue weighted by Crippen LogP contribution is -2.46. The van der Waals surface area contributed by atoms with Crippen LogP contribution < -0.4 is 4.90 Å². The van der Waals surface area contributed by atoms with Gasteiger partial charge in [0.15, 0.2) is 0 Å². The van der Waals surface area contributed by atoms with E-state index in [1.54, 1.807) is 13.0 Å². The second-order valence-corrected chi connectivity index (χ2v) is 4.80. The lowest BCUT2D eigenvalue weighted by molar-refractivity contribution is -0.138. The van der Waals surface area contributed by atoms with Crippen LogP contribution in [0, 0.1) is 6.92 Å². The third kappa shape index (κ3) is 2.16. The number of cyclic esters (lactones) is 1. The Morgan fingerprint density at radius 3 is 2.89 bits per heavy atom. The fourth-order valence-corrected chi connectivity index (χ4v) is 2.21. The van der Waals surface area contributed by atoms with Gasteiger partial charge in [-0.25, -0.2) is 4.79 Å². The molecule has 5 heteroatoms. The summed E-state index contributed by atoms with van der Waals surface area (Å²) in [6, 6.07) is 7.36. The lowest BCUT2D eigenvalue weighted by atomic mass is 9.97. The van der Waals surface area contributed by atoms with Gasteiger partial charge in [0.25, 0.3) is 0 Å². The molecule has 18 heavy (non-hydrogen) atoms. The maximum Gasteiger partial charge on any atom is 0.415 e. The van der Waals surface area contributed by atoms with Crippen molar-refractivity contribution in [3.05, 3.63) is 29.8 Å². The summed E-state index contributed by atoms with van der Waals surface area (Å²) in [6.45, 7) is 3.72. The summed E-state index contributed by atoms with van der Waals surface area (Å²) in [4.78, 5) is 24.1. The molecule has 1 aromatic rings. The van der Waals surface area contributed by atoms with Gasteiger partial charge in [0.05, 0.1) is 12.0 Å². The van der Waals surface area contributed by atoms with Gasteiger partial charge in [-0.15, -0.1) is 0 Å². The predicted octanol–water partition coefficient (Wildman–Crippen LogP) is 2.19. The third-order valence-corrected chi connectivity index (χ3v) is 3.02. The fraction of sp³-hybridized carbons (Fsp3) is 0.385. The molecule has 1 amide bonds. The predicted molar refractivity (Wildman–Crippen MR) is 65.7 cm³/mol. The molecule has 0 aromatic heterocycles. The molecule has 1 saturated heterocycles. The van der Waals surface area contributed by atoms with Gasteiger partial charge < -0.3 is 9.84 Å². The van der Waals surface area contributed by atoms with Gasteiger partial charge in [0.2, 0.25) is 0 Å². The van der Waals surface area contributed by atoms with Crippen molar-refractivity contribution in [2.45, 2.75) is 25.8 Å². The highest BCUT2D eigenvalue weighted by atomic mass is 16.6. The van der Waals surface area contributed by atoms with E-state index >= 15 is 0 Å². The first-order valence-electron chi connectivity index (χ1n) is 5.68. The van der Waals surface area contributed by atoms with E-state index in [0.29, 0.717) is 5.69 Å². The van der Waals surface area contributed by atoms with E-state index in [9.17, 15) is 9.59 Å². The van der Waals surface area contributed by atoms with Crippen molar-refractivity contribution < 1.29 is 19.4 Å². The zero-order valence-electron chi connectivity index (χ0n) is 10.3. The number of anilines is 1. The molecule has 0 aliphatic carbocycles. The van der Waals surface area contributed by atoms with E-state index in [1.807, 2.05) is 25.1 Å². The van der Waals surface area contributed by atoms with E-state index in [0.717, 1.165) is 5.56 Å².